The number of amides is 2. The van der Waals surface area contributed by atoms with Crippen LogP contribution in [0.1, 0.15) is 42.9 Å². The van der Waals surface area contributed by atoms with E-state index < -0.39 is 6.04 Å². The quantitative estimate of drug-likeness (QED) is 0.342. The first-order valence-corrected chi connectivity index (χ1v) is 13.2. The van der Waals surface area contributed by atoms with Crippen molar-refractivity contribution in [3.05, 3.63) is 77.9 Å². The molecule has 1 fully saturated rings. The summed E-state index contributed by atoms with van der Waals surface area (Å²) in [5.74, 6) is 0.301. The highest BCUT2D eigenvalue weighted by Gasteiger charge is 2.37. The predicted octanol–water partition coefficient (Wildman–Crippen LogP) is 4.59. The normalized spacial score (nSPS) is 14.2. The minimum atomic E-state index is -1.01. The summed E-state index contributed by atoms with van der Waals surface area (Å²) in [7, 11) is 3.09. The number of fused-ring (bicyclic) bond motifs is 1. The number of ether oxygens (including phenoxy) is 2. The maximum atomic E-state index is 14.3. The molecule has 202 valence electrons. The van der Waals surface area contributed by atoms with Crippen molar-refractivity contribution in [1.29, 1.82) is 0 Å². The second-order valence-corrected chi connectivity index (χ2v) is 9.81. The number of anilines is 1. The number of aromatic nitrogens is 3. The van der Waals surface area contributed by atoms with Gasteiger partial charge in [-0.25, -0.2) is 4.68 Å². The Hall–Kier alpha value is -4.40. The van der Waals surface area contributed by atoms with E-state index in [1.807, 2.05) is 55.5 Å². The van der Waals surface area contributed by atoms with Crippen LogP contribution in [0.15, 0.2) is 66.7 Å². The van der Waals surface area contributed by atoms with Crippen molar-refractivity contribution >= 4 is 28.5 Å². The number of nitrogens with zero attached hydrogens (tertiary/aromatic N) is 4. The van der Waals surface area contributed by atoms with E-state index in [2.05, 4.69) is 15.6 Å². The molecule has 1 saturated carbocycles. The molecule has 0 bridgehead atoms. The highest BCUT2D eigenvalue weighted by atomic mass is 16.5. The fraction of sp³-hybridized carbons (Fsp3) is 0.333. The maximum Gasteiger partial charge on any atom is 0.249 e. The van der Waals surface area contributed by atoms with Gasteiger partial charge in [0.15, 0.2) is 11.5 Å². The lowest BCUT2D eigenvalue weighted by Gasteiger charge is -2.33. The van der Waals surface area contributed by atoms with Gasteiger partial charge in [0.25, 0.3) is 0 Å². The van der Waals surface area contributed by atoms with E-state index in [4.69, 9.17) is 9.47 Å². The summed E-state index contributed by atoms with van der Waals surface area (Å²) in [6.07, 6.45) is 3.96. The number of hydrogen-bond donors (Lipinski definition) is 1. The molecule has 5 rings (SSSR count). The standard InChI is InChI=1S/C30H33N5O4/c1-20-10-8-13-22(18-20)35(27(36)19-34-25-16-7-6-15-24(25)32-33-34)28(30(37)31-21-11-4-5-12-21)23-14-9-17-26(38-2)29(23)39-3/h6-10,13-18,21,28H,4-5,11-12,19H2,1-3H3,(H,31,37). The van der Waals surface area contributed by atoms with Gasteiger partial charge in [-0.3, -0.25) is 14.5 Å². The molecule has 1 aromatic heterocycles. The summed E-state index contributed by atoms with van der Waals surface area (Å²) >= 11 is 0. The lowest BCUT2D eigenvalue weighted by molar-refractivity contribution is -0.127. The molecule has 1 heterocycles. The van der Waals surface area contributed by atoms with Crippen molar-refractivity contribution in [3.63, 3.8) is 0 Å². The molecule has 2 amide bonds. The van der Waals surface area contributed by atoms with E-state index in [1.54, 1.807) is 34.9 Å². The Morgan fingerprint density at radius 3 is 2.54 bits per heavy atom. The number of methoxy groups -OCH3 is 2. The van der Waals surface area contributed by atoms with Crippen LogP contribution in [0, 0.1) is 6.92 Å². The van der Waals surface area contributed by atoms with Crippen LogP contribution >= 0.6 is 0 Å². The van der Waals surface area contributed by atoms with Gasteiger partial charge >= 0.3 is 0 Å². The van der Waals surface area contributed by atoms with Gasteiger partial charge in [0, 0.05) is 17.3 Å². The molecule has 1 atom stereocenters. The lowest BCUT2D eigenvalue weighted by Crippen LogP contribution is -2.47. The third-order valence-electron chi connectivity index (χ3n) is 7.19. The summed E-state index contributed by atoms with van der Waals surface area (Å²) in [4.78, 5) is 30.0. The molecule has 0 saturated heterocycles. The molecule has 3 aromatic carbocycles. The van der Waals surface area contributed by atoms with Gasteiger partial charge < -0.3 is 14.8 Å². The van der Waals surface area contributed by atoms with Crippen LogP contribution in [-0.2, 0) is 16.1 Å². The van der Waals surface area contributed by atoms with Gasteiger partial charge in [-0.05, 0) is 55.7 Å². The molecule has 0 radical (unpaired) electrons. The largest absolute Gasteiger partial charge is 0.493 e. The van der Waals surface area contributed by atoms with E-state index >= 15 is 0 Å². The first kappa shape index (κ1) is 26.2. The number of para-hydroxylation sites is 2. The van der Waals surface area contributed by atoms with Crippen molar-refractivity contribution in [3.8, 4) is 11.5 Å². The third kappa shape index (κ3) is 5.43. The van der Waals surface area contributed by atoms with Gasteiger partial charge in [-0.15, -0.1) is 5.10 Å². The zero-order valence-electron chi connectivity index (χ0n) is 22.5. The number of aryl methyl sites for hydroxylation is 1. The molecule has 9 heteroatoms. The average molecular weight is 528 g/mol. The minimum Gasteiger partial charge on any atom is -0.493 e. The van der Waals surface area contributed by atoms with Crippen LogP contribution in [0.2, 0.25) is 0 Å². The Labute approximate surface area is 227 Å². The Morgan fingerprint density at radius 1 is 1.03 bits per heavy atom. The van der Waals surface area contributed by atoms with Crippen LogP contribution in [0.3, 0.4) is 0 Å². The van der Waals surface area contributed by atoms with Gasteiger partial charge in [-0.2, -0.15) is 0 Å². The molecule has 1 unspecified atom stereocenters. The molecule has 0 aliphatic heterocycles. The van der Waals surface area contributed by atoms with E-state index in [0.29, 0.717) is 28.3 Å². The maximum absolute atomic E-state index is 14.3. The second-order valence-electron chi connectivity index (χ2n) is 9.81. The van der Waals surface area contributed by atoms with E-state index in [-0.39, 0.29) is 24.4 Å². The molecule has 1 aliphatic carbocycles. The molecular formula is C30H33N5O4. The molecule has 39 heavy (non-hydrogen) atoms. The monoisotopic (exact) mass is 527 g/mol. The topological polar surface area (TPSA) is 98.6 Å². The predicted molar refractivity (Wildman–Crippen MR) is 149 cm³/mol. The molecular weight excluding hydrogens is 494 g/mol. The molecule has 1 N–H and O–H groups in total. The summed E-state index contributed by atoms with van der Waals surface area (Å²) in [5, 5.41) is 11.6. The third-order valence-corrected chi connectivity index (χ3v) is 7.19. The summed E-state index contributed by atoms with van der Waals surface area (Å²) in [6, 6.07) is 19.5. The molecule has 1 aliphatic rings. The number of hydrogen-bond acceptors (Lipinski definition) is 6. The van der Waals surface area contributed by atoms with Crippen molar-refractivity contribution < 1.29 is 19.1 Å². The fourth-order valence-electron chi connectivity index (χ4n) is 5.33. The van der Waals surface area contributed by atoms with Gasteiger partial charge in [0.2, 0.25) is 11.8 Å². The summed E-state index contributed by atoms with van der Waals surface area (Å²) in [6.45, 7) is 1.85. The molecule has 0 spiro atoms. The van der Waals surface area contributed by atoms with Crippen LogP contribution in [0.5, 0.6) is 11.5 Å². The van der Waals surface area contributed by atoms with Crippen molar-refractivity contribution in [2.24, 2.45) is 0 Å². The van der Waals surface area contributed by atoms with Crippen molar-refractivity contribution in [2.75, 3.05) is 19.1 Å². The highest BCUT2D eigenvalue weighted by Crippen LogP contribution is 2.39. The average Bonchev–Trinajstić information content (AvgIpc) is 3.61. The summed E-state index contributed by atoms with van der Waals surface area (Å²) in [5.41, 5.74) is 3.52. The smallest absolute Gasteiger partial charge is 0.249 e. The van der Waals surface area contributed by atoms with Crippen LogP contribution in [0.4, 0.5) is 5.69 Å². The minimum absolute atomic E-state index is 0.0605. The van der Waals surface area contributed by atoms with Gasteiger partial charge in [0.05, 0.1) is 19.7 Å². The van der Waals surface area contributed by atoms with Gasteiger partial charge in [-0.1, -0.05) is 54.5 Å². The van der Waals surface area contributed by atoms with Crippen molar-refractivity contribution in [2.45, 2.75) is 51.2 Å². The number of benzene rings is 3. The van der Waals surface area contributed by atoms with E-state index in [9.17, 15) is 9.59 Å². The van der Waals surface area contributed by atoms with Gasteiger partial charge in [0.1, 0.15) is 18.1 Å². The van der Waals surface area contributed by atoms with Crippen LogP contribution < -0.4 is 19.7 Å². The first-order valence-electron chi connectivity index (χ1n) is 13.2. The zero-order chi connectivity index (χ0) is 27.4. The SMILES string of the molecule is COc1cccc(C(C(=O)NC2CCCC2)N(C(=O)Cn2nnc3ccccc32)c2cccc(C)c2)c1OC. The summed E-state index contributed by atoms with van der Waals surface area (Å²) < 4.78 is 12.9. The number of carbonyl (C=O) groups excluding carboxylic acids is 2. The van der Waals surface area contributed by atoms with Crippen LogP contribution in [-0.4, -0.2) is 47.1 Å². The number of nitrogens with one attached hydrogen (secondary N) is 1. The van der Waals surface area contributed by atoms with Crippen LogP contribution in [0.25, 0.3) is 11.0 Å². The Balaban J connectivity index is 1.64. The van der Waals surface area contributed by atoms with Crippen molar-refractivity contribution in [1.82, 2.24) is 20.3 Å². The van der Waals surface area contributed by atoms with E-state index in [1.165, 1.54) is 7.11 Å². The highest BCUT2D eigenvalue weighted by molar-refractivity contribution is 6.02. The Bertz CT molecular complexity index is 1480. The molecule has 9 nitrogen and oxygen atoms in total. The lowest BCUT2D eigenvalue weighted by atomic mass is 10.00. The number of carbonyl (C=O) groups is 2. The Kier molecular flexibility index (Phi) is 7.76. The van der Waals surface area contributed by atoms with E-state index in [0.717, 1.165) is 36.8 Å². The Morgan fingerprint density at radius 2 is 1.79 bits per heavy atom. The number of rotatable bonds is 9. The first-order chi connectivity index (χ1) is 19.0. The fourth-order valence-corrected chi connectivity index (χ4v) is 5.33. The zero-order valence-corrected chi connectivity index (χ0v) is 22.5. The molecule has 4 aromatic rings. The second kappa shape index (κ2) is 11.6.